The Kier molecular flexibility index (Phi) is 7.43. The van der Waals surface area contributed by atoms with Gasteiger partial charge in [-0.3, -0.25) is 4.99 Å². The van der Waals surface area contributed by atoms with Crippen LogP contribution in [0.1, 0.15) is 33.3 Å². The van der Waals surface area contributed by atoms with E-state index in [1.165, 1.54) is 0 Å². The quantitative estimate of drug-likeness (QED) is 0.570. The maximum absolute atomic E-state index is 5.77. The fourth-order valence-corrected chi connectivity index (χ4v) is 1.90. The van der Waals surface area contributed by atoms with E-state index < -0.39 is 0 Å². The van der Waals surface area contributed by atoms with Crippen molar-refractivity contribution in [2.75, 3.05) is 19.8 Å². The maximum atomic E-state index is 5.77. The lowest BCUT2D eigenvalue weighted by Crippen LogP contribution is -2.36. The number of guanidine groups is 1. The minimum atomic E-state index is 0.295. The van der Waals surface area contributed by atoms with Gasteiger partial charge in [0.1, 0.15) is 0 Å². The zero-order valence-electron chi connectivity index (χ0n) is 13.5. The maximum Gasteiger partial charge on any atom is 0.188 e. The Morgan fingerprint density at radius 1 is 1.19 bits per heavy atom. The van der Waals surface area contributed by atoms with E-state index >= 15 is 0 Å². The summed E-state index contributed by atoms with van der Waals surface area (Å²) in [5, 5.41) is 3.07. The van der Waals surface area contributed by atoms with Gasteiger partial charge in [0.05, 0.1) is 13.2 Å². The van der Waals surface area contributed by atoms with Crippen LogP contribution < -0.4 is 20.5 Å². The van der Waals surface area contributed by atoms with E-state index in [-0.39, 0.29) is 0 Å². The molecule has 1 aromatic carbocycles. The van der Waals surface area contributed by atoms with Crippen molar-refractivity contribution in [1.82, 2.24) is 5.32 Å². The Balaban J connectivity index is 2.65. The molecule has 0 aliphatic carbocycles. The van der Waals surface area contributed by atoms with Crippen LogP contribution in [0.25, 0.3) is 0 Å². The van der Waals surface area contributed by atoms with Gasteiger partial charge in [0.25, 0.3) is 0 Å². The Hall–Kier alpha value is -1.91. The van der Waals surface area contributed by atoms with Gasteiger partial charge in [-0.25, -0.2) is 0 Å². The molecule has 0 unspecified atom stereocenters. The number of benzene rings is 1. The molecule has 118 valence electrons. The number of nitrogens with two attached hydrogens (primary N) is 1. The molecule has 0 aromatic heterocycles. The first-order valence-corrected chi connectivity index (χ1v) is 7.51. The molecule has 0 fully saturated rings. The van der Waals surface area contributed by atoms with Crippen LogP contribution in [0.4, 0.5) is 0 Å². The molecule has 0 atom stereocenters. The lowest BCUT2D eigenvalue weighted by atomic mass is 10.1. The van der Waals surface area contributed by atoms with E-state index in [9.17, 15) is 0 Å². The third-order valence-corrected chi connectivity index (χ3v) is 2.73. The second-order valence-electron chi connectivity index (χ2n) is 4.96. The van der Waals surface area contributed by atoms with Crippen molar-refractivity contribution in [1.29, 1.82) is 0 Å². The van der Waals surface area contributed by atoms with E-state index in [1.807, 2.05) is 45.9 Å². The highest BCUT2D eigenvalue weighted by Crippen LogP contribution is 2.28. The Morgan fingerprint density at radius 3 is 2.48 bits per heavy atom. The van der Waals surface area contributed by atoms with Gasteiger partial charge in [-0.05, 0) is 51.8 Å². The molecule has 0 radical (unpaired) electrons. The lowest BCUT2D eigenvalue weighted by Gasteiger charge is -2.12. The van der Waals surface area contributed by atoms with Gasteiger partial charge in [-0.2, -0.15) is 0 Å². The topological polar surface area (TPSA) is 68.9 Å². The molecular weight excluding hydrogens is 266 g/mol. The highest BCUT2D eigenvalue weighted by Gasteiger charge is 2.06. The third kappa shape index (κ3) is 6.38. The van der Waals surface area contributed by atoms with Crippen LogP contribution in [-0.2, 0) is 6.42 Å². The lowest BCUT2D eigenvalue weighted by molar-refractivity contribution is 0.287. The smallest absolute Gasteiger partial charge is 0.188 e. The molecule has 0 aliphatic rings. The number of hydrogen-bond donors (Lipinski definition) is 2. The molecule has 0 saturated heterocycles. The van der Waals surface area contributed by atoms with Crippen LogP contribution in [-0.4, -0.2) is 31.8 Å². The molecule has 21 heavy (non-hydrogen) atoms. The highest BCUT2D eigenvalue weighted by atomic mass is 16.5. The van der Waals surface area contributed by atoms with Crippen LogP contribution in [0.5, 0.6) is 11.5 Å². The number of hydrogen-bond acceptors (Lipinski definition) is 3. The second kappa shape index (κ2) is 9.10. The molecule has 5 nitrogen and oxygen atoms in total. The molecule has 0 saturated carbocycles. The van der Waals surface area contributed by atoms with E-state index in [2.05, 4.69) is 10.3 Å². The molecular formula is C16H27N3O2. The van der Waals surface area contributed by atoms with Crippen molar-refractivity contribution in [3.8, 4) is 11.5 Å². The number of nitrogens with one attached hydrogen (secondary N) is 1. The fraction of sp³-hybridized carbons (Fsp3) is 0.562. The summed E-state index contributed by atoms with van der Waals surface area (Å²) in [5.41, 5.74) is 6.93. The van der Waals surface area contributed by atoms with Gasteiger partial charge in [0.15, 0.2) is 17.5 Å². The zero-order chi connectivity index (χ0) is 15.7. The predicted octanol–water partition coefficient (Wildman–Crippen LogP) is 2.34. The summed E-state index contributed by atoms with van der Waals surface area (Å²) in [4.78, 5) is 4.31. The summed E-state index contributed by atoms with van der Waals surface area (Å²) in [6.07, 6.45) is 0.812. The Bertz CT molecular complexity index is 459. The molecule has 5 heteroatoms. The van der Waals surface area contributed by atoms with Gasteiger partial charge >= 0.3 is 0 Å². The first-order valence-electron chi connectivity index (χ1n) is 7.51. The number of nitrogens with zero attached hydrogens (tertiary/aromatic N) is 1. The molecule has 0 heterocycles. The van der Waals surface area contributed by atoms with Crippen molar-refractivity contribution in [3.63, 3.8) is 0 Å². The highest BCUT2D eigenvalue weighted by molar-refractivity contribution is 5.78. The minimum absolute atomic E-state index is 0.295. The van der Waals surface area contributed by atoms with Crippen LogP contribution in [0.2, 0.25) is 0 Å². The van der Waals surface area contributed by atoms with Crippen LogP contribution >= 0.6 is 0 Å². The van der Waals surface area contributed by atoms with Crippen molar-refractivity contribution < 1.29 is 9.47 Å². The first-order chi connectivity index (χ1) is 10.1. The summed E-state index contributed by atoms with van der Waals surface area (Å²) in [5.74, 6) is 2.06. The standard InChI is InChI=1S/C16H27N3O2/c1-5-20-14-8-7-13(11-15(14)21-6-2)9-10-18-16(17)19-12(3)4/h7-8,11-12H,5-6,9-10H2,1-4H3,(H3,17,18,19). The van der Waals surface area contributed by atoms with E-state index in [0.29, 0.717) is 31.8 Å². The molecule has 0 spiro atoms. The monoisotopic (exact) mass is 293 g/mol. The normalized spacial score (nSPS) is 11.6. The molecule has 1 rings (SSSR count). The minimum Gasteiger partial charge on any atom is -0.490 e. The molecule has 1 aromatic rings. The Labute approximate surface area is 127 Å². The van der Waals surface area contributed by atoms with Crippen LogP contribution in [0.15, 0.2) is 23.2 Å². The summed E-state index contributed by atoms with van der Waals surface area (Å²) >= 11 is 0. The van der Waals surface area contributed by atoms with Gasteiger partial charge in [0.2, 0.25) is 0 Å². The number of ether oxygens (including phenoxy) is 2. The second-order valence-corrected chi connectivity index (χ2v) is 4.96. The van der Waals surface area contributed by atoms with Gasteiger partial charge in [-0.15, -0.1) is 0 Å². The average Bonchev–Trinajstić information content (AvgIpc) is 2.41. The SMILES string of the molecule is CCOc1ccc(CCN=C(N)NC(C)C)cc1OCC. The first kappa shape index (κ1) is 17.1. The van der Waals surface area contributed by atoms with Crippen molar-refractivity contribution >= 4 is 5.96 Å². The molecule has 0 aliphatic heterocycles. The van der Waals surface area contributed by atoms with Crippen molar-refractivity contribution in [2.24, 2.45) is 10.7 Å². The Morgan fingerprint density at radius 2 is 1.86 bits per heavy atom. The molecule has 0 amide bonds. The van der Waals surface area contributed by atoms with Gasteiger partial charge in [-0.1, -0.05) is 6.07 Å². The summed E-state index contributed by atoms with van der Waals surface area (Å²) in [7, 11) is 0. The summed E-state index contributed by atoms with van der Waals surface area (Å²) < 4.78 is 11.2. The fourth-order valence-electron chi connectivity index (χ4n) is 1.90. The molecule has 0 bridgehead atoms. The van der Waals surface area contributed by atoms with Crippen LogP contribution in [0.3, 0.4) is 0 Å². The average molecular weight is 293 g/mol. The number of aliphatic imine (C=N–C) groups is 1. The summed E-state index contributed by atoms with van der Waals surface area (Å²) in [6.45, 7) is 9.87. The predicted molar refractivity (Wildman–Crippen MR) is 87.2 cm³/mol. The summed E-state index contributed by atoms with van der Waals surface area (Å²) in [6, 6.07) is 6.29. The van der Waals surface area contributed by atoms with E-state index in [1.54, 1.807) is 0 Å². The van der Waals surface area contributed by atoms with E-state index in [4.69, 9.17) is 15.2 Å². The largest absolute Gasteiger partial charge is 0.490 e. The number of rotatable bonds is 8. The zero-order valence-corrected chi connectivity index (χ0v) is 13.5. The van der Waals surface area contributed by atoms with Crippen molar-refractivity contribution in [2.45, 2.75) is 40.2 Å². The molecule has 3 N–H and O–H groups in total. The van der Waals surface area contributed by atoms with Gasteiger partial charge in [0, 0.05) is 12.6 Å². The van der Waals surface area contributed by atoms with Crippen LogP contribution in [0, 0.1) is 0 Å². The van der Waals surface area contributed by atoms with Gasteiger partial charge < -0.3 is 20.5 Å². The third-order valence-electron chi connectivity index (χ3n) is 2.73. The van der Waals surface area contributed by atoms with Crippen molar-refractivity contribution in [3.05, 3.63) is 23.8 Å². The van der Waals surface area contributed by atoms with E-state index in [0.717, 1.165) is 23.5 Å².